The Labute approximate surface area is 180 Å². The molecule has 8 heteroatoms. The van der Waals surface area contributed by atoms with Crippen LogP contribution in [0.3, 0.4) is 0 Å². The van der Waals surface area contributed by atoms with Crippen molar-refractivity contribution in [2.75, 3.05) is 13.7 Å². The van der Waals surface area contributed by atoms with E-state index in [2.05, 4.69) is 15.5 Å². The van der Waals surface area contributed by atoms with Gasteiger partial charge in [0.05, 0.1) is 19.6 Å². The van der Waals surface area contributed by atoms with Crippen molar-refractivity contribution < 1.29 is 18.8 Å². The van der Waals surface area contributed by atoms with Gasteiger partial charge in [-0.25, -0.2) is 0 Å². The van der Waals surface area contributed by atoms with Crippen molar-refractivity contribution in [1.29, 1.82) is 0 Å². The number of hydrogen-bond acceptors (Lipinski definition) is 6. The van der Waals surface area contributed by atoms with E-state index in [0.717, 1.165) is 16.9 Å². The van der Waals surface area contributed by atoms with Gasteiger partial charge in [-0.15, -0.1) is 0 Å². The van der Waals surface area contributed by atoms with Crippen LogP contribution in [0.4, 0.5) is 0 Å². The Bertz CT molecular complexity index is 1050. The highest BCUT2D eigenvalue weighted by atomic mass is 16.5. The molecule has 0 radical (unpaired) electrons. The molecule has 160 valence electrons. The van der Waals surface area contributed by atoms with Crippen LogP contribution in [0.5, 0.6) is 5.75 Å². The van der Waals surface area contributed by atoms with Gasteiger partial charge in [0.2, 0.25) is 23.5 Å². The van der Waals surface area contributed by atoms with Gasteiger partial charge in [0.25, 0.3) is 0 Å². The molecule has 1 aliphatic heterocycles. The summed E-state index contributed by atoms with van der Waals surface area (Å²) in [7, 11) is 1.61. The van der Waals surface area contributed by atoms with Crippen LogP contribution in [0.1, 0.15) is 24.3 Å². The van der Waals surface area contributed by atoms with Crippen molar-refractivity contribution >= 4 is 11.8 Å². The molecule has 1 atom stereocenters. The summed E-state index contributed by atoms with van der Waals surface area (Å²) in [6, 6.07) is 17.1. The van der Waals surface area contributed by atoms with E-state index in [1.807, 2.05) is 54.6 Å². The molecule has 1 aliphatic rings. The molecule has 0 saturated carbocycles. The number of aromatic nitrogens is 2. The second kappa shape index (κ2) is 9.42. The summed E-state index contributed by atoms with van der Waals surface area (Å²) in [6.07, 6.45) is 0.859. The number of methoxy groups -OCH3 is 1. The fourth-order valence-electron chi connectivity index (χ4n) is 3.66. The van der Waals surface area contributed by atoms with Gasteiger partial charge in [0, 0.05) is 30.6 Å². The summed E-state index contributed by atoms with van der Waals surface area (Å²) >= 11 is 0. The number of ether oxygens (including phenoxy) is 1. The van der Waals surface area contributed by atoms with E-state index in [-0.39, 0.29) is 24.3 Å². The lowest BCUT2D eigenvalue weighted by Gasteiger charge is -2.32. The van der Waals surface area contributed by atoms with E-state index in [4.69, 9.17) is 9.26 Å². The van der Waals surface area contributed by atoms with Gasteiger partial charge in [-0.3, -0.25) is 9.59 Å². The monoisotopic (exact) mass is 420 g/mol. The first-order valence-corrected chi connectivity index (χ1v) is 10.2. The minimum absolute atomic E-state index is 0.0411. The van der Waals surface area contributed by atoms with E-state index >= 15 is 0 Å². The number of benzene rings is 2. The van der Waals surface area contributed by atoms with Crippen molar-refractivity contribution in [1.82, 2.24) is 20.4 Å². The summed E-state index contributed by atoms with van der Waals surface area (Å²) < 4.78 is 10.6. The summed E-state index contributed by atoms with van der Waals surface area (Å²) in [5.74, 6) is 1.17. The summed E-state index contributed by atoms with van der Waals surface area (Å²) in [6.45, 7) is 0.925. The Morgan fingerprint density at radius 2 is 1.97 bits per heavy atom. The zero-order valence-electron chi connectivity index (χ0n) is 17.3. The third-order valence-corrected chi connectivity index (χ3v) is 5.34. The lowest BCUT2D eigenvalue weighted by molar-refractivity contribution is -0.139. The molecule has 0 spiro atoms. The smallest absolute Gasteiger partial charge is 0.246 e. The Morgan fingerprint density at radius 1 is 1.19 bits per heavy atom. The molecule has 1 fully saturated rings. The zero-order chi connectivity index (χ0) is 21.6. The first-order chi connectivity index (χ1) is 15.1. The van der Waals surface area contributed by atoms with Gasteiger partial charge in [-0.1, -0.05) is 53.7 Å². The molecule has 0 bridgehead atoms. The lowest BCUT2D eigenvalue weighted by Crippen LogP contribution is -2.45. The average Bonchev–Trinajstić information content (AvgIpc) is 3.29. The fraction of sp³-hybridized carbons (Fsp3) is 0.304. The summed E-state index contributed by atoms with van der Waals surface area (Å²) in [5.41, 5.74) is 1.76. The third kappa shape index (κ3) is 4.91. The van der Waals surface area contributed by atoms with Gasteiger partial charge in [-0.05, 0) is 12.5 Å². The molecule has 1 saturated heterocycles. The van der Waals surface area contributed by atoms with Crippen LogP contribution >= 0.6 is 0 Å². The van der Waals surface area contributed by atoms with Gasteiger partial charge in [0.1, 0.15) is 5.75 Å². The fourth-order valence-corrected chi connectivity index (χ4v) is 3.66. The van der Waals surface area contributed by atoms with E-state index in [1.54, 1.807) is 12.0 Å². The van der Waals surface area contributed by atoms with Crippen molar-refractivity contribution in [3.63, 3.8) is 0 Å². The molecule has 3 aromatic rings. The molecule has 0 unspecified atom stereocenters. The van der Waals surface area contributed by atoms with Crippen LogP contribution < -0.4 is 10.1 Å². The molecule has 31 heavy (non-hydrogen) atoms. The molecular formula is C23H24N4O4. The highest BCUT2D eigenvalue weighted by Crippen LogP contribution is 2.24. The molecule has 1 N–H and O–H groups in total. The Balaban J connectivity index is 1.34. The number of nitrogens with one attached hydrogen (secondary N) is 1. The summed E-state index contributed by atoms with van der Waals surface area (Å²) in [4.78, 5) is 31.2. The van der Waals surface area contributed by atoms with Crippen LogP contribution in [0.25, 0.3) is 11.4 Å². The minimum atomic E-state index is -0.288. The van der Waals surface area contributed by atoms with E-state index in [9.17, 15) is 9.59 Å². The third-order valence-electron chi connectivity index (χ3n) is 5.34. The maximum Gasteiger partial charge on any atom is 0.246 e. The van der Waals surface area contributed by atoms with Gasteiger partial charge < -0.3 is 19.5 Å². The lowest BCUT2D eigenvalue weighted by atomic mass is 9.96. The van der Waals surface area contributed by atoms with E-state index in [1.165, 1.54) is 0 Å². The van der Waals surface area contributed by atoms with Crippen LogP contribution in [0.2, 0.25) is 0 Å². The number of para-hydroxylation sites is 1. The molecule has 0 aliphatic carbocycles. The number of likely N-dealkylation sites (tertiary alicyclic amines) is 1. The topological polar surface area (TPSA) is 97.6 Å². The molecule has 4 rings (SSSR count). The Hall–Kier alpha value is -3.68. The first kappa shape index (κ1) is 20.6. The zero-order valence-corrected chi connectivity index (χ0v) is 17.3. The minimum Gasteiger partial charge on any atom is -0.496 e. The van der Waals surface area contributed by atoms with E-state index < -0.39 is 0 Å². The largest absolute Gasteiger partial charge is 0.496 e. The standard InChI is InChI=1S/C23H24N4O4/c1-30-19-10-6-5-9-17(19)14-27-15-18(11-12-21(27)28)23(29)24-13-20-25-22(26-31-20)16-7-3-2-4-8-16/h2-10,18H,11-15H2,1H3,(H,24,29)/t18-/m0/s1. The predicted molar refractivity (Wildman–Crippen MR) is 113 cm³/mol. The SMILES string of the molecule is COc1ccccc1CN1C[C@@H](C(=O)NCc2nc(-c3ccccc3)no2)CCC1=O. The van der Waals surface area contributed by atoms with Crippen molar-refractivity contribution in [2.45, 2.75) is 25.9 Å². The average molecular weight is 420 g/mol. The van der Waals surface area contributed by atoms with E-state index in [0.29, 0.717) is 37.6 Å². The highest BCUT2D eigenvalue weighted by Gasteiger charge is 2.30. The quantitative estimate of drug-likeness (QED) is 0.631. The number of amides is 2. The number of hydrogen-bond donors (Lipinski definition) is 1. The number of carbonyl (C=O) groups excluding carboxylic acids is 2. The molecule has 2 aromatic carbocycles. The summed E-state index contributed by atoms with van der Waals surface area (Å²) in [5, 5.41) is 6.82. The molecular weight excluding hydrogens is 396 g/mol. The van der Waals surface area contributed by atoms with Crippen LogP contribution in [-0.4, -0.2) is 40.5 Å². The first-order valence-electron chi connectivity index (χ1n) is 10.2. The Morgan fingerprint density at radius 3 is 2.77 bits per heavy atom. The maximum absolute atomic E-state index is 12.7. The van der Waals surface area contributed by atoms with Gasteiger partial charge in [0.15, 0.2) is 0 Å². The second-order valence-electron chi connectivity index (χ2n) is 7.42. The predicted octanol–water partition coefficient (Wildman–Crippen LogP) is 2.80. The van der Waals surface area contributed by atoms with Gasteiger partial charge >= 0.3 is 0 Å². The number of rotatable bonds is 7. The second-order valence-corrected chi connectivity index (χ2v) is 7.42. The highest BCUT2D eigenvalue weighted by molar-refractivity contribution is 5.83. The molecule has 1 aromatic heterocycles. The molecule has 2 heterocycles. The number of nitrogens with zero attached hydrogens (tertiary/aromatic N) is 3. The Kier molecular flexibility index (Phi) is 6.26. The number of carbonyl (C=O) groups is 2. The van der Waals surface area contributed by atoms with Gasteiger partial charge in [-0.2, -0.15) is 4.98 Å². The van der Waals surface area contributed by atoms with Crippen LogP contribution in [0.15, 0.2) is 59.1 Å². The molecule has 8 nitrogen and oxygen atoms in total. The maximum atomic E-state index is 12.7. The van der Waals surface area contributed by atoms with Crippen LogP contribution in [-0.2, 0) is 22.7 Å². The molecule has 2 amide bonds. The normalized spacial score (nSPS) is 16.2. The van der Waals surface area contributed by atoms with Crippen molar-refractivity contribution in [2.24, 2.45) is 5.92 Å². The number of piperidine rings is 1. The van der Waals surface area contributed by atoms with Crippen molar-refractivity contribution in [3.05, 3.63) is 66.1 Å². The van der Waals surface area contributed by atoms with Crippen molar-refractivity contribution in [3.8, 4) is 17.1 Å². The van der Waals surface area contributed by atoms with Crippen LogP contribution in [0, 0.1) is 5.92 Å².